The molecule has 0 aromatic carbocycles. The number of aliphatic carboxylic acids is 2. The maximum Gasteiger partial charge on any atom is 0.335 e. The van der Waals surface area contributed by atoms with E-state index in [4.69, 9.17) is 10.2 Å². The number of carbonyl (C=O) groups is 3. The van der Waals surface area contributed by atoms with Crippen molar-refractivity contribution in [2.24, 2.45) is 0 Å². The highest BCUT2D eigenvalue weighted by Crippen LogP contribution is 2.18. The van der Waals surface area contributed by atoms with Crippen molar-refractivity contribution < 1.29 is 24.6 Å². The summed E-state index contributed by atoms with van der Waals surface area (Å²) in [6, 6.07) is 0. The van der Waals surface area contributed by atoms with Crippen LogP contribution in [0.3, 0.4) is 0 Å². The minimum atomic E-state index is -1.25. The average Bonchev–Trinajstić information content (AvgIpc) is 2.50. The SMILES string of the molecule is CCC(=O)C1=CCC(C(=O)O)=CC(C(=O)O)=C1. The Morgan fingerprint density at radius 2 is 1.76 bits per heavy atom. The van der Waals surface area contributed by atoms with Crippen LogP contribution in [0.15, 0.2) is 34.9 Å². The highest BCUT2D eigenvalue weighted by atomic mass is 16.4. The van der Waals surface area contributed by atoms with Gasteiger partial charge in [-0.1, -0.05) is 13.0 Å². The van der Waals surface area contributed by atoms with E-state index in [1.165, 1.54) is 12.2 Å². The highest BCUT2D eigenvalue weighted by molar-refractivity contribution is 6.03. The largest absolute Gasteiger partial charge is 0.478 e. The second-order valence-corrected chi connectivity index (χ2v) is 3.52. The molecule has 0 amide bonds. The summed E-state index contributed by atoms with van der Waals surface area (Å²) in [6.45, 7) is 1.66. The van der Waals surface area contributed by atoms with E-state index >= 15 is 0 Å². The molecule has 0 aromatic rings. The van der Waals surface area contributed by atoms with E-state index in [-0.39, 0.29) is 35.3 Å². The third kappa shape index (κ3) is 3.14. The number of rotatable bonds is 4. The number of carbonyl (C=O) groups excluding carboxylic acids is 1. The fourth-order valence-electron chi connectivity index (χ4n) is 1.41. The van der Waals surface area contributed by atoms with Crippen LogP contribution in [0.5, 0.6) is 0 Å². The molecule has 90 valence electrons. The van der Waals surface area contributed by atoms with Gasteiger partial charge in [-0.3, -0.25) is 4.79 Å². The Hall–Kier alpha value is -2.17. The first-order valence-corrected chi connectivity index (χ1v) is 5.08. The summed E-state index contributed by atoms with van der Waals surface area (Å²) in [5.74, 6) is -2.64. The minimum absolute atomic E-state index is 0.0439. The molecule has 0 saturated carbocycles. The van der Waals surface area contributed by atoms with E-state index in [9.17, 15) is 14.4 Å². The number of allylic oxidation sites excluding steroid dienone is 3. The highest BCUT2D eigenvalue weighted by Gasteiger charge is 2.17. The third-order valence-corrected chi connectivity index (χ3v) is 2.35. The van der Waals surface area contributed by atoms with Crippen LogP contribution in [0.1, 0.15) is 19.8 Å². The first-order chi connectivity index (χ1) is 7.95. The van der Waals surface area contributed by atoms with Gasteiger partial charge in [-0.25, -0.2) is 9.59 Å². The maximum atomic E-state index is 11.5. The molecule has 2 N–H and O–H groups in total. The van der Waals surface area contributed by atoms with Crippen LogP contribution in [0.4, 0.5) is 0 Å². The van der Waals surface area contributed by atoms with E-state index in [1.807, 2.05) is 0 Å². The molecular weight excluding hydrogens is 224 g/mol. The van der Waals surface area contributed by atoms with Crippen molar-refractivity contribution in [1.82, 2.24) is 0 Å². The molecule has 0 saturated heterocycles. The zero-order valence-electron chi connectivity index (χ0n) is 9.27. The molecule has 17 heavy (non-hydrogen) atoms. The molecule has 0 unspecified atom stereocenters. The topological polar surface area (TPSA) is 91.7 Å². The molecule has 0 fully saturated rings. The summed E-state index contributed by atoms with van der Waals surface area (Å²) in [5.41, 5.74) is 0.0166. The summed E-state index contributed by atoms with van der Waals surface area (Å²) in [4.78, 5) is 33.2. The van der Waals surface area contributed by atoms with E-state index < -0.39 is 11.9 Å². The van der Waals surface area contributed by atoms with Crippen molar-refractivity contribution in [3.8, 4) is 0 Å². The zero-order valence-corrected chi connectivity index (χ0v) is 9.27. The van der Waals surface area contributed by atoms with Gasteiger partial charge in [0.05, 0.1) is 5.57 Å². The lowest BCUT2D eigenvalue weighted by molar-refractivity contribution is -0.132. The van der Waals surface area contributed by atoms with Crippen LogP contribution in [-0.2, 0) is 14.4 Å². The lowest BCUT2D eigenvalue weighted by atomic mass is 10.1. The fraction of sp³-hybridized carbons (Fsp3) is 0.250. The Kier molecular flexibility index (Phi) is 3.98. The van der Waals surface area contributed by atoms with E-state index in [0.717, 1.165) is 6.08 Å². The number of Topliss-reactive ketones (excluding diaryl/α,β-unsaturated/α-hetero) is 1. The zero-order chi connectivity index (χ0) is 13.0. The van der Waals surface area contributed by atoms with Gasteiger partial charge in [-0.15, -0.1) is 0 Å². The van der Waals surface area contributed by atoms with Crippen molar-refractivity contribution in [3.63, 3.8) is 0 Å². The van der Waals surface area contributed by atoms with Gasteiger partial charge in [-0.2, -0.15) is 0 Å². The number of ketones is 1. The van der Waals surface area contributed by atoms with Gasteiger partial charge in [0, 0.05) is 17.6 Å². The molecule has 1 aliphatic carbocycles. The second-order valence-electron chi connectivity index (χ2n) is 3.52. The Labute approximate surface area is 97.8 Å². The summed E-state index contributed by atoms with van der Waals surface area (Å²) in [7, 11) is 0. The molecule has 0 radical (unpaired) electrons. The molecule has 5 nitrogen and oxygen atoms in total. The van der Waals surface area contributed by atoms with Crippen molar-refractivity contribution in [1.29, 1.82) is 0 Å². The third-order valence-electron chi connectivity index (χ3n) is 2.35. The fourth-order valence-corrected chi connectivity index (χ4v) is 1.41. The molecule has 1 rings (SSSR count). The van der Waals surface area contributed by atoms with Gasteiger partial charge in [0.25, 0.3) is 0 Å². The molecule has 0 bridgehead atoms. The number of carboxylic acid groups (broad SMARTS) is 2. The van der Waals surface area contributed by atoms with Gasteiger partial charge < -0.3 is 10.2 Å². The Morgan fingerprint density at radius 3 is 2.24 bits per heavy atom. The van der Waals surface area contributed by atoms with E-state index in [2.05, 4.69) is 0 Å². The van der Waals surface area contributed by atoms with Gasteiger partial charge >= 0.3 is 11.9 Å². The molecule has 0 atom stereocenters. The Balaban J connectivity index is 3.19. The summed E-state index contributed by atoms with van der Waals surface area (Å²) in [5, 5.41) is 17.7. The molecule has 0 spiro atoms. The molecular formula is C12H12O5. The maximum absolute atomic E-state index is 11.5. The minimum Gasteiger partial charge on any atom is -0.478 e. The van der Waals surface area contributed by atoms with Gasteiger partial charge in [0.15, 0.2) is 5.78 Å². The van der Waals surface area contributed by atoms with Gasteiger partial charge in [-0.05, 0) is 18.6 Å². The predicted octanol–water partition coefficient (Wildman–Crippen LogP) is 1.32. The first-order valence-electron chi connectivity index (χ1n) is 5.08. The second kappa shape index (κ2) is 5.25. The number of carboxylic acids is 2. The summed E-state index contributed by atoms with van der Waals surface area (Å²) < 4.78 is 0. The smallest absolute Gasteiger partial charge is 0.335 e. The predicted molar refractivity (Wildman–Crippen MR) is 59.4 cm³/mol. The lowest BCUT2D eigenvalue weighted by Crippen LogP contribution is -2.03. The van der Waals surface area contributed by atoms with Crippen LogP contribution in [0.25, 0.3) is 0 Å². The molecule has 0 heterocycles. The van der Waals surface area contributed by atoms with Crippen molar-refractivity contribution in [3.05, 3.63) is 34.9 Å². The lowest BCUT2D eigenvalue weighted by Gasteiger charge is -1.97. The molecule has 0 aliphatic heterocycles. The van der Waals surface area contributed by atoms with Crippen LogP contribution in [0.2, 0.25) is 0 Å². The Bertz CT molecular complexity index is 465. The van der Waals surface area contributed by atoms with E-state index in [0.29, 0.717) is 0 Å². The van der Waals surface area contributed by atoms with E-state index in [1.54, 1.807) is 6.92 Å². The van der Waals surface area contributed by atoms with Gasteiger partial charge in [0.1, 0.15) is 0 Å². The standard InChI is InChI=1S/C12H12O5/c1-2-10(13)7-3-4-8(11(14)15)6-9(5-7)12(16)17/h3,5-6H,2,4H2,1H3,(H,14,15)(H,16,17). The van der Waals surface area contributed by atoms with Crippen LogP contribution in [0, 0.1) is 0 Å². The normalized spacial score (nSPS) is 15.2. The molecule has 0 aromatic heterocycles. The van der Waals surface area contributed by atoms with Crippen LogP contribution < -0.4 is 0 Å². The van der Waals surface area contributed by atoms with Crippen molar-refractivity contribution in [2.45, 2.75) is 19.8 Å². The van der Waals surface area contributed by atoms with Crippen LogP contribution >= 0.6 is 0 Å². The van der Waals surface area contributed by atoms with Crippen molar-refractivity contribution in [2.75, 3.05) is 0 Å². The monoisotopic (exact) mass is 236 g/mol. The number of hydrogen-bond donors (Lipinski definition) is 2. The first kappa shape index (κ1) is 12.9. The molecule has 5 heteroatoms. The average molecular weight is 236 g/mol. The van der Waals surface area contributed by atoms with Crippen LogP contribution in [-0.4, -0.2) is 27.9 Å². The molecule has 1 aliphatic rings. The Morgan fingerprint density at radius 1 is 1.12 bits per heavy atom. The summed E-state index contributed by atoms with van der Waals surface area (Å²) in [6.07, 6.45) is 4.03. The number of hydrogen-bond acceptors (Lipinski definition) is 3. The summed E-state index contributed by atoms with van der Waals surface area (Å²) >= 11 is 0. The van der Waals surface area contributed by atoms with Gasteiger partial charge in [0.2, 0.25) is 0 Å². The van der Waals surface area contributed by atoms with Crippen molar-refractivity contribution >= 4 is 17.7 Å². The quantitative estimate of drug-likeness (QED) is 0.768.